The Kier molecular flexibility index (Phi) is 5.31. The number of carbonyl (C=O) groups excluding carboxylic acids is 2. The van der Waals surface area contributed by atoms with Gasteiger partial charge in [0.25, 0.3) is 5.91 Å². The number of primary amides is 1. The summed E-state index contributed by atoms with van der Waals surface area (Å²) in [5, 5.41) is 0. The predicted molar refractivity (Wildman–Crippen MR) is 90.4 cm³/mol. The van der Waals surface area contributed by atoms with Gasteiger partial charge in [0.2, 0.25) is 0 Å². The molecular formula is C19H19NO3. The molecule has 2 aromatic carbocycles. The number of ketones is 1. The molecule has 0 heterocycles. The summed E-state index contributed by atoms with van der Waals surface area (Å²) in [4.78, 5) is 23.0. The molecule has 1 amide bonds. The monoisotopic (exact) mass is 309 g/mol. The fraction of sp³-hybridized carbons (Fsp3) is 0.158. The predicted octanol–water partition coefficient (Wildman–Crippen LogP) is 3.06. The van der Waals surface area contributed by atoms with Gasteiger partial charge < -0.3 is 10.5 Å². The van der Waals surface area contributed by atoms with E-state index in [-0.39, 0.29) is 12.4 Å². The Morgan fingerprint density at radius 1 is 1.13 bits per heavy atom. The summed E-state index contributed by atoms with van der Waals surface area (Å²) in [6, 6.07) is 12.8. The molecule has 4 nitrogen and oxygen atoms in total. The summed E-state index contributed by atoms with van der Waals surface area (Å²) in [6.45, 7) is 3.80. The number of amides is 1. The average molecular weight is 309 g/mol. The molecule has 0 atom stereocenters. The molecule has 0 spiro atoms. The van der Waals surface area contributed by atoms with Crippen LogP contribution in [0, 0.1) is 13.8 Å². The second-order valence-corrected chi connectivity index (χ2v) is 5.34. The van der Waals surface area contributed by atoms with Gasteiger partial charge >= 0.3 is 0 Å². The second-order valence-electron chi connectivity index (χ2n) is 5.34. The highest BCUT2D eigenvalue weighted by atomic mass is 16.5. The van der Waals surface area contributed by atoms with Gasteiger partial charge in [0.1, 0.15) is 5.75 Å². The van der Waals surface area contributed by atoms with E-state index in [0.29, 0.717) is 11.3 Å². The molecule has 2 N–H and O–H groups in total. The molecule has 23 heavy (non-hydrogen) atoms. The lowest BCUT2D eigenvalue weighted by Crippen LogP contribution is -2.20. The number of aryl methyl sites for hydroxylation is 2. The number of allylic oxidation sites excluding steroid dienone is 1. The maximum absolute atomic E-state index is 12.3. The van der Waals surface area contributed by atoms with E-state index >= 15 is 0 Å². The average Bonchev–Trinajstić information content (AvgIpc) is 2.53. The van der Waals surface area contributed by atoms with Crippen LogP contribution in [0.5, 0.6) is 5.75 Å². The van der Waals surface area contributed by atoms with Crippen LogP contribution in [0.15, 0.2) is 48.5 Å². The smallest absolute Gasteiger partial charge is 0.255 e. The number of nitrogens with two attached hydrogens (primary N) is 1. The van der Waals surface area contributed by atoms with Crippen molar-refractivity contribution in [3.63, 3.8) is 0 Å². The molecule has 0 unspecified atom stereocenters. The minimum atomic E-state index is -0.559. The zero-order valence-electron chi connectivity index (χ0n) is 13.2. The standard InChI is InChI=1S/C19H19NO3/c1-13-6-7-14(2)15(10-13)8-9-18(21)16-4-3-5-17(11-16)23-12-19(20)22/h3-11H,12H2,1-2H3,(H2,20,22)/b9-8+. The minimum Gasteiger partial charge on any atom is -0.484 e. The summed E-state index contributed by atoms with van der Waals surface area (Å²) in [5.41, 5.74) is 8.79. The van der Waals surface area contributed by atoms with Gasteiger partial charge in [-0.3, -0.25) is 9.59 Å². The van der Waals surface area contributed by atoms with Crippen LogP contribution in [-0.4, -0.2) is 18.3 Å². The third kappa shape index (κ3) is 4.81. The van der Waals surface area contributed by atoms with E-state index in [1.165, 1.54) is 6.08 Å². The number of carbonyl (C=O) groups is 2. The normalized spacial score (nSPS) is 10.7. The van der Waals surface area contributed by atoms with Gasteiger partial charge in [0.05, 0.1) is 0 Å². The Labute approximate surface area is 135 Å². The lowest BCUT2D eigenvalue weighted by atomic mass is 10.0. The van der Waals surface area contributed by atoms with E-state index in [4.69, 9.17) is 10.5 Å². The van der Waals surface area contributed by atoms with Gasteiger partial charge in [-0.05, 0) is 43.2 Å². The Hall–Kier alpha value is -2.88. The fourth-order valence-electron chi connectivity index (χ4n) is 2.09. The van der Waals surface area contributed by atoms with Crippen molar-refractivity contribution in [1.29, 1.82) is 0 Å². The first kappa shape index (κ1) is 16.5. The Bertz CT molecular complexity index is 763. The Morgan fingerprint density at radius 2 is 1.91 bits per heavy atom. The van der Waals surface area contributed by atoms with Crippen molar-refractivity contribution in [2.45, 2.75) is 13.8 Å². The molecule has 0 radical (unpaired) electrons. The molecule has 2 aromatic rings. The van der Waals surface area contributed by atoms with E-state index in [2.05, 4.69) is 0 Å². The molecule has 4 heteroatoms. The van der Waals surface area contributed by atoms with Crippen LogP contribution in [0.25, 0.3) is 6.08 Å². The van der Waals surface area contributed by atoms with Crippen LogP contribution < -0.4 is 10.5 Å². The third-order valence-electron chi connectivity index (χ3n) is 3.35. The van der Waals surface area contributed by atoms with E-state index in [1.807, 2.05) is 38.1 Å². The first-order valence-electron chi connectivity index (χ1n) is 7.26. The van der Waals surface area contributed by atoms with Gasteiger partial charge in [0.15, 0.2) is 12.4 Å². The highest BCUT2D eigenvalue weighted by Gasteiger charge is 2.05. The molecule has 0 saturated carbocycles. The number of hydrogen-bond donors (Lipinski definition) is 1. The molecule has 0 bridgehead atoms. The highest BCUT2D eigenvalue weighted by molar-refractivity contribution is 6.07. The van der Waals surface area contributed by atoms with E-state index in [0.717, 1.165) is 16.7 Å². The molecule has 0 aliphatic carbocycles. The van der Waals surface area contributed by atoms with Crippen LogP contribution in [0.4, 0.5) is 0 Å². The maximum atomic E-state index is 12.3. The Balaban J connectivity index is 2.14. The molecule has 118 valence electrons. The summed E-state index contributed by atoms with van der Waals surface area (Å²) in [6.07, 6.45) is 3.34. The third-order valence-corrected chi connectivity index (χ3v) is 3.35. The van der Waals surface area contributed by atoms with E-state index in [9.17, 15) is 9.59 Å². The van der Waals surface area contributed by atoms with Crippen LogP contribution in [0.1, 0.15) is 27.0 Å². The number of rotatable bonds is 6. The Morgan fingerprint density at radius 3 is 2.65 bits per heavy atom. The molecule has 0 aliphatic rings. The van der Waals surface area contributed by atoms with Crippen LogP contribution in [-0.2, 0) is 4.79 Å². The van der Waals surface area contributed by atoms with Crippen molar-refractivity contribution < 1.29 is 14.3 Å². The number of ether oxygens (including phenoxy) is 1. The van der Waals surface area contributed by atoms with Crippen LogP contribution in [0.3, 0.4) is 0 Å². The van der Waals surface area contributed by atoms with Gasteiger partial charge in [-0.25, -0.2) is 0 Å². The highest BCUT2D eigenvalue weighted by Crippen LogP contribution is 2.16. The number of benzene rings is 2. The zero-order chi connectivity index (χ0) is 16.8. The maximum Gasteiger partial charge on any atom is 0.255 e. The van der Waals surface area contributed by atoms with Crippen molar-refractivity contribution in [2.24, 2.45) is 5.73 Å². The first-order chi connectivity index (χ1) is 11.0. The van der Waals surface area contributed by atoms with Gasteiger partial charge in [-0.15, -0.1) is 0 Å². The van der Waals surface area contributed by atoms with Gasteiger partial charge in [-0.1, -0.05) is 42.0 Å². The largest absolute Gasteiger partial charge is 0.484 e. The quantitative estimate of drug-likeness (QED) is 0.658. The fourth-order valence-corrected chi connectivity index (χ4v) is 2.09. The minimum absolute atomic E-state index is 0.129. The summed E-state index contributed by atoms with van der Waals surface area (Å²) in [7, 11) is 0. The molecule has 2 rings (SSSR count). The number of hydrogen-bond acceptors (Lipinski definition) is 3. The van der Waals surface area contributed by atoms with Gasteiger partial charge in [0, 0.05) is 5.56 Å². The molecule has 0 fully saturated rings. The molecular weight excluding hydrogens is 290 g/mol. The van der Waals surface area contributed by atoms with Gasteiger partial charge in [-0.2, -0.15) is 0 Å². The van der Waals surface area contributed by atoms with Crippen LogP contribution >= 0.6 is 0 Å². The second kappa shape index (κ2) is 7.40. The van der Waals surface area contributed by atoms with Crippen molar-refractivity contribution in [2.75, 3.05) is 6.61 Å². The van der Waals surface area contributed by atoms with Crippen molar-refractivity contribution >= 4 is 17.8 Å². The molecule has 0 saturated heterocycles. The summed E-state index contributed by atoms with van der Waals surface area (Å²) < 4.78 is 5.21. The van der Waals surface area contributed by atoms with Crippen molar-refractivity contribution in [3.05, 3.63) is 70.8 Å². The van der Waals surface area contributed by atoms with Crippen molar-refractivity contribution in [3.8, 4) is 5.75 Å². The zero-order valence-corrected chi connectivity index (χ0v) is 13.2. The van der Waals surface area contributed by atoms with Crippen molar-refractivity contribution in [1.82, 2.24) is 0 Å². The first-order valence-corrected chi connectivity index (χ1v) is 7.26. The van der Waals surface area contributed by atoms with E-state index in [1.54, 1.807) is 24.3 Å². The lowest BCUT2D eigenvalue weighted by molar-refractivity contribution is -0.119. The summed E-state index contributed by atoms with van der Waals surface area (Å²) >= 11 is 0. The van der Waals surface area contributed by atoms with E-state index < -0.39 is 5.91 Å². The lowest BCUT2D eigenvalue weighted by Gasteiger charge is -2.05. The van der Waals surface area contributed by atoms with Crippen LogP contribution in [0.2, 0.25) is 0 Å². The summed E-state index contributed by atoms with van der Waals surface area (Å²) in [5.74, 6) is -0.248. The molecule has 0 aliphatic heterocycles. The topological polar surface area (TPSA) is 69.4 Å². The SMILES string of the molecule is Cc1ccc(C)c(/C=C/C(=O)c2cccc(OCC(N)=O)c2)c1. The molecule has 0 aromatic heterocycles.